The van der Waals surface area contributed by atoms with Gasteiger partial charge in [0.25, 0.3) is 0 Å². The molecule has 0 unspecified atom stereocenters. The first kappa shape index (κ1) is 16.4. The molecule has 1 saturated heterocycles. The number of carbonyl (C=O) groups is 1. The second-order valence-electron chi connectivity index (χ2n) is 5.49. The normalized spacial score (nSPS) is 18.0. The molecule has 1 aliphatic heterocycles. The Labute approximate surface area is 125 Å². The van der Waals surface area contributed by atoms with Crippen LogP contribution >= 0.6 is 0 Å². The molecule has 0 atom stereocenters. The standard InChI is InChI=1S/C14H17F3N2O3/c1-13(21)6-8-19(9-7-13)12(20)18-10-2-4-11(5-3-10)22-14(15,16)17/h2-5,21H,6-9H2,1H3,(H,18,20). The van der Waals surface area contributed by atoms with E-state index in [1.54, 1.807) is 11.8 Å². The summed E-state index contributed by atoms with van der Waals surface area (Å²) in [4.78, 5) is 13.6. The van der Waals surface area contributed by atoms with E-state index >= 15 is 0 Å². The summed E-state index contributed by atoms with van der Waals surface area (Å²) in [5, 5.41) is 12.4. The molecule has 2 rings (SSSR count). The Morgan fingerprint density at radius 2 is 1.82 bits per heavy atom. The predicted molar refractivity (Wildman–Crippen MR) is 73.6 cm³/mol. The lowest BCUT2D eigenvalue weighted by Crippen LogP contribution is -2.46. The van der Waals surface area contributed by atoms with E-state index in [0.29, 0.717) is 31.6 Å². The number of piperidine rings is 1. The van der Waals surface area contributed by atoms with E-state index in [-0.39, 0.29) is 11.8 Å². The van der Waals surface area contributed by atoms with Crippen molar-refractivity contribution < 1.29 is 27.8 Å². The first-order valence-electron chi connectivity index (χ1n) is 6.79. The number of carbonyl (C=O) groups excluding carboxylic acids is 1. The summed E-state index contributed by atoms with van der Waals surface area (Å²) in [5.41, 5.74) is -0.384. The van der Waals surface area contributed by atoms with Crippen LogP contribution in [0.5, 0.6) is 5.75 Å². The zero-order valence-electron chi connectivity index (χ0n) is 12.0. The Bertz CT molecular complexity index is 519. The molecule has 0 saturated carbocycles. The molecule has 0 radical (unpaired) electrons. The number of rotatable bonds is 2. The molecule has 1 fully saturated rings. The van der Waals surface area contributed by atoms with E-state index in [1.165, 1.54) is 12.1 Å². The number of nitrogens with zero attached hydrogens (tertiary/aromatic N) is 1. The number of aliphatic hydroxyl groups is 1. The zero-order valence-corrected chi connectivity index (χ0v) is 12.0. The van der Waals surface area contributed by atoms with Gasteiger partial charge in [-0.3, -0.25) is 0 Å². The number of urea groups is 1. The Kier molecular flexibility index (Phi) is 4.50. The second-order valence-corrected chi connectivity index (χ2v) is 5.49. The van der Waals surface area contributed by atoms with Crippen molar-refractivity contribution in [1.82, 2.24) is 4.90 Å². The lowest BCUT2D eigenvalue weighted by molar-refractivity contribution is -0.274. The van der Waals surface area contributed by atoms with Crippen LogP contribution in [0.4, 0.5) is 23.7 Å². The molecule has 0 aromatic heterocycles. The summed E-state index contributed by atoms with van der Waals surface area (Å²) in [6.07, 6.45) is -3.77. The van der Waals surface area contributed by atoms with Crippen LogP contribution in [-0.2, 0) is 0 Å². The van der Waals surface area contributed by atoms with Crippen LogP contribution in [0.25, 0.3) is 0 Å². The molecule has 1 heterocycles. The lowest BCUT2D eigenvalue weighted by atomic mass is 9.94. The first-order chi connectivity index (χ1) is 10.1. The monoisotopic (exact) mass is 318 g/mol. The minimum atomic E-state index is -4.74. The molecule has 0 spiro atoms. The first-order valence-corrected chi connectivity index (χ1v) is 6.79. The fourth-order valence-corrected chi connectivity index (χ4v) is 2.13. The van der Waals surface area contributed by atoms with Crippen molar-refractivity contribution in [3.05, 3.63) is 24.3 Å². The number of benzene rings is 1. The van der Waals surface area contributed by atoms with E-state index in [0.717, 1.165) is 12.1 Å². The second kappa shape index (κ2) is 6.04. The molecule has 8 heteroatoms. The van der Waals surface area contributed by atoms with Crippen LogP contribution in [0.2, 0.25) is 0 Å². The van der Waals surface area contributed by atoms with Gasteiger partial charge in [0.2, 0.25) is 0 Å². The number of hydrogen-bond acceptors (Lipinski definition) is 3. The zero-order chi connectivity index (χ0) is 16.4. The number of halogens is 3. The fraction of sp³-hybridized carbons (Fsp3) is 0.500. The highest BCUT2D eigenvalue weighted by Gasteiger charge is 2.31. The highest BCUT2D eigenvalue weighted by molar-refractivity contribution is 5.89. The van der Waals surface area contributed by atoms with Crippen LogP contribution in [0, 0.1) is 0 Å². The highest BCUT2D eigenvalue weighted by atomic mass is 19.4. The van der Waals surface area contributed by atoms with Gasteiger partial charge in [-0.25, -0.2) is 4.79 Å². The highest BCUT2D eigenvalue weighted by Crippen LogP contribution is 2.25. The number of likely N-dealkylation sites (tertiary alicyclic amines) is 1. The number of anilines is 1. The van der Waals surface area contributed by atoms with Gasteiger partial charge < -0.3 is 20.1 Å². The molecule has 2 amide bonds. The Morgan fingerprint density at radius 3 is 2.32 bits per heavy atom. The van der Waals surface area contributed by atoms with Crippen molar-refractivity contribution in [3.63, 3.8) is 0 Å². The number of hydrogen-bond donors (Lipinski definition) is 2. The van der Waals surface area contributed by atoms with E-state index in [1.807, 2.05) is 0 Å². The third-order valence-corrected chi connectivity index (χ3v) is 3.47. The van der Waals surface area contributed by atoms with Gasteiger partial charge in [0.15, 0.2) is 0 Å². The van der Waals surface area contributed by atoms with Crippen LogP contribution in [0.3, 0.4) is 0 Å². The van der Waals surface area contributed by atoms with Crippen molar-refractivity contribution >= 4 is 11.7 Å². The average molecular weight is 318 g/mol. The van der Waals surface area contributed by atoms with Gasteiger partial charge in [0, 0.05) is 18.8 Å². The maximum absolute atomic E-state index is 12.0. The smallest absolute Gasteiger partial charge is 0.406 e. The lowest BCUT2D eigenvalue weighted by Gasteiger charge is -2.35. The molecule has 122 valence electrons. The maximum Gasteiger partial charge on any atom is 0.573 e. The molecule has 2 N–H and O–H groups in total. The average Bonchev–Trinajstić information content (AvgIpc) is 2.39. The van der Waals surface area contributed by atoms with E-state index in [2.05, 4.69) is 10.1 Å². The van der Waals surface area contributed by atoms with Crippen LogP contribution in [0.15, 0.2) is 24.3 Å². The van der Waals surface area contributed by atoms with Crippen LogP contribution in [0.1, 0.15) is 19.8 Å². The third kappa shape index (κ3) is 4.80. The van der Waals surface area contributed by atoms with Crippen molar-refractivity contribution in [2.24, 2.45) is 0 Å². The Morgan fingerprint density at radius 1 is 1.27 bits per heavy atom. The van der Waals surface area contributed by atoms with Gasteiger partial charge >= 0.3 is 12.4 Å². The SMILES string of the molecule is CC1(O)CCN(C(=O)Nc2ccc(OC(F)(F)F)cc2)CC1. The summed E-state index contributed by atoms with van der Waals surface area (Å²) in [6.45, 7) is 2.57. The Balaban J connectivity index is 1.89. The van der Waals surface area contributed by atoms with Gasteiger partial charge in [-0.05, 0) is 44.0 Å². The number of alkyl halides is 3. The summed E-state index contributed by atoms with van der Waals surface area (Å²) in [6, 6.07) is 4.58. The quantitative estimate of drug-likeness (QED) is 0.881. The summed E-state index contributed by atoms with van der Waals surface area (Å²) >= 11 is 0. The molecule has 1 aromatic carbocycles. The summed E-state index contributed by atoms with van der Waals surface area (Å²) in [7, 11) is 0. The summed E-state index contributed by atoms with van der Waals surface area (Å²) in [5.74, 6) is -0.348. The minimum Gasteiger partial charge on any atom is -0.406 e. The van der Waals surface area contributed by atoms with E-state index in [4.69, 9.17) is 0 Å². The number of amides is 2. The van der Waals surface area contributed by atoms with Crippen molar-refractivity contribution in [1.29, 1.82) is 0 Å². The minimum absolute atomic E-state index is 0.347. The Hall–Kier alpha value is -1.96. The fourth-order valence-electron chi connectivity index (χ4n) is 2.13. The third-order valence-electron chi connectivity index (χ3n) is 3.47. The van der Waals surface area contributed by atoms with Crippen molar-refractivity contribution in [3.8, 4) is 5.75 Å². The number of nitrogens with one attached hydrogen (secondary N) is 1. The molecule has 0 bridgehead atoms. The van der Waals surface area contributed by atoms with E-state index in [9.17, 15) is 23.1 Å². The summed E-state index contributed by atoms with van der Waals surface area (Å²) < 4.78 is 39.9. The topological polar surface area (TPSA) is 61.8 Å². The van der Waals surface area contributed by atoms with Gasteiger partial charge in [-0.1, -0.05) is 0 Å². The van der Waals surface area contributed by atoms with Crippen LogP contribution < -0.4 is 10.1 Å². The van der Waals surface area contributed by atoms with Gasteiger partial charge in [0.05, 0.1) is 5.60 Å². The largest absolute Gasteiger partial charge is 0.573 e. The van der Waals surface area contributed by atoms with Crippen molar-refractivity contribution in [2.45, 2.75) is 31.7 Å². The maximum atomic E-state index is 12.0. The molecular formula is C14H17F3N2O3. The van der Waals surface area contributed by atoms with Gasteiger partial charge in [-0.2, -0.15) is 0 Å². The molecule has 0 aliphatic carbocycles. The van der Waals surface area contributed by atoms with Gasteiger partial charge in [-0.15, -0.1) is 13.2 Å². The predicted octanol–water partition coefficient (Wildman–Crippen LogP) is 2.96. The van der Waals surface area contributed by atoms with E-state index < -0.39 is 12.0 Å². The molecule has 1 aromatic rings. The molecule has 5 nitrogen and oxygen atoms in total. The molecule has 1 aliphatic rings. The van der Waals surface area contributed by atoms with Crippen LogP contribution in [-0.4, -0.2) is 41.1 Å². The molecular weight excluding hydrogens is 301 g/mol. The number of ether oxygens (including phenoxy) is 1. The molecule has 22 heavy (non-hydrogen) atoms. The van der Waals surface area contributed by atoms with Crippen molar-refractivity contribution in [2.75, 3.05) is 18.4 Å². The van der Waals surface area contributed by atoms with Gasteiger partial charge in [0.1, 0.15) is 5.75 Å².